The first-order valence-electron chi connectivity index (χ1n) is 4.51. The van der Waals surface area contributed by atoms with Crippen LogP contribution in [0, 0.1) is 3.57 Å². The zero-order valence-electron chi connectivity index (χ0n) is 7.79. The van der Waals surface area contributed by atoms with Crippen LogP contribution in [-0.2, 0) is 4.79 Å². The third kappa shape index (κ3) is 2.75. The summed E-state index contributed by atoms with van der Waals surface area (Å²) < 4.78 is 1.00. The molecule has 0 aliphatic heterocycles. The first-order valence-corrected chi connectivity index (χ1v) is 5.59. The minimum Gasteiger partial charge on any atom is -0.298 e. The van der Waals surface area contributed by atoms with Crippen molar-refractivity contribution in [2.75, 3.05) is 0 Å². The van der Waals surface area contributed by atoms with Gasteiger partial charge in [-0.3, -0.25) is 15.0 Å². The first-order chi connectivity index (χ1) is 7.16. The van der Waals surface area contributed by atoms with Crippen LogP contribution in [0.3, 0.4) is 0 Å². The van der Waals surface area contributed by atoms with E-state index in [0.717, 1.165) is 3.57 Å². The van der Waals surface area contributed by atoms with Crippen molar-refractivity contribution < 1.29 is 9.59 Å². The molecule has 4 nitrogen and oxygen atoms in total. The highest BCUT2D eigenvalue weighted by atomic mass is 127. The van der Waals surface area contributed by atoms with E-state index in [4.69, 9.17) is 0 Å². The van der Waals surface area contributed by atoms with Crippen LogP contribution in [-0.4, -0.2) is 17.7 Å². The lowest BCUT2D eigenvalue weighted by Crippen LogP contribution is -2.39. The van der Waals surface area contributed by atoms with Gasteiger partial charge in [0.05, 0.1) is 6.04 Å². The molecule has 1 unspecified atom stereocenters. The van der Waals surface area contributed by atoms with Gasteiger partial charge >= 0.3 is 0 Å². The summed E-state index contributed by atoms with van der Waals surface area (Å²) in [5, 5.41) is 0. The number of benzene rings is 1. The zero-order chi connectivity index (χ0) is 10.8. The van der Waals surface area contributed by atoms with Crippen LogP contribution in [0.1, 0.15) is 16.8 Å². The van der Waals surface area contributed by atoms with Gasteiger partial charge in [0.25, 0.3) is 5.91 Å². The SMILES string of the molecule is O=C(NNC1CC1=O)c1cccc(I)c1. The van der Waals surface area contributed by atoms with Gasteiger partial charge in [-0.05, 0) is 40.8 Å². The molecule has 78 valence electrons. The fraction of sp³-hybridized carbons (Fsp3) is 0.200. The van der Waals surface area contributed by atoms with Crippen molar-refractivity contribution in [3.05, 3.63) is 33.4 Å². The van der Waals surface area contributed by atoms with Gasteiger partial charge in [0.2, 0.25) is 0 Å². The molecule has 2 rings (SSSR count). The van der Waals surface area contributed by atoms with Gasteiger partial charge in [0, 0.05) is 15.6 Å². The molecule has 1 aliphatic rings. The van der Waals surface area contributed by atoms with Crippen molar-refractivity contribution in [1.82, 2.24) is 10.9 Å². The molecule has 5 heteroatoms. The number of Topliss-reactive ketones (excluding diaryl/α,β-unsaturated/α-hetero) is 1. The van der Waals surface area contributed by atoms with Gasteiger partial charge in [-0.2, -0.15) is 0 Å². The van der Waals surface area contributed by atoms with Crippen molar-refractivity contribution in [2.45, 2.75) is 12.5 Å². The Morgan fingerprint density at radius 3 is 2.80 bits per heavy atom. The summed E-state index contributed by atoms with van der Waals surface area (Å²) in [6, 6.07) is 7.06. The highest BCUT2D eigenvalue weighted by Gasteiger charge is 2.34. The molecule has 0 heterocycles. The molecule has 0 radical (unpaired) electrons. The fourth-order valence-electron chi connectivity index (χ4n) is 1.13. The number of amides is 1. The second-order valence-corrected chi connectivity index (χ2v) is 4.58. The molecular formula is C10H9IN2O2. The molecule has 1 fully saturated rings. The van der Waals surface area contributed by atoms with Gasteiger partial charge in [-0.1, -0.05) is 6.07 Å². The molecule has 0 saturated heterocycles. The van der Waals surface area contributed by atoms with Crippen molar-refractivity contribution in [3.63, 3.8) is 0 Å². The van der Waals surface area contributed by atoms with Crippen molar-refractivity contribution in [2.24, 2.45) is 0 Å². The molecule has 1 amide bonds. The largest absolute Gasteiger partial charge is 0.298 e. The van der Waals surface area contributed by atoms with Crippen LogP contribution in [0.2, 0.25) is 0 Å². The van der Waals surface area contributed by atoms with E-state index in [2.05, 4.69) is 33.4 Å². The monoisotopic (exact) mass is 316 g/mol. The third-order valence-corrected chi connectivity index (χ3v) is 2.75. The van der Waals surface area contributed by atoms with E-state index in [1.165, 1.54) is 0 Å². The second-order valence-electron chi connectivity index (χ2n) is 3.33. The number of hydrogen-bond acceptors (Lipinski definition) is 3. The summed E-state index contributed by atoms with van der Waals surface area (Å²) >= 11 is 2.14. The van der Waals surface area contributed by atoms with Gasteiger partial charge in [-0.15, -0.1) is 0 Å². The number of hydrazine groups is 1. The Morgan fingerprint density at radius 1 is 1.47 bits per heavy atom. The Labute approximate surface area is 101 Å². The molecule has 0 spiro atoms. The third-order valence-electron chi connectivity index (χ3n) is 2.08. The molecule has 2 N–H and O–H groups in total. The van der Waals surface area contributed by atoms with E-state index in [0.29, 0.717) is 12.0 Å². The van der Waals surface area contributed by atoms with Gasteiger partial charge in [0.1, 0.15) is 0 Å². The lowest BCUT2D eigenvalue weighted by molar-refractivity contribution is -0.110. The normalized spacial score (nSPS) is 18.7. The summed E-state index contributed by atoms with van der Waals surface area (Å²) in [5.74, 6) is -0.0776. The molecule has 1 saturated carbocycles. The Kier molecular flexibility index (Phi) is 3.01. The van der Waals surface area contributed by atoms with E-state index in [9.17, 15) is 9.59 Å². The molecular weight excluding hydrogens is 307 g/mol. The van der Waals surface area contributed by atoms with Crippen LogP contribution in [0.15, 0.2) is 24.3 Å². The molecule has 1 aromatic rings. The quantitative estimate of drug-likeness (QED) is 0.643. The van der Waals surface area contributed by atoms with Crippen LogP contribution in [0.5, 0.6) is 0 Å². The molecule has 1 atom stereocenters. The molecule has 15 heavy (non-hydrogen) atoms. The maximum absolute atomic E-state index is 11.5. The van der Waals surface area contributed by atoms with E-state index in [1.54, 1.807) is 12.1 Å². The second kappa shape index (κ2) is 4.28. The minimum atomic E-state index is -0.215. The summed E-state index contributed by atoms with van der Waals surface area (Å²) in [4.78, 5) is 22.2. The molecule has 0 aromatic heterocycles. The number of carbonyl (C=O) groups is 2. The van der Waals surface area contributed by atoms with Crippen molar-refractivity contribution in [3.8, 4) is 0 Å². The highest BCUT2D eigenvalue weighted by Crippen LogP contribution is 2.12. The predicted molar refractivity (Wildman–Crippen MR) is 63.2 cm³/mol. The Morgan fingerprint density at radius 2 is 2.20 bits per heavy atom. The Bertz CT molecular complexity index is 420. The van der Waals surface area contributed by atoms with Gasteiger partial charge in [0.15, 0.2) is 5.78 Å². The fourth-order valence-corrected chi connectivity index (χ4v) is 1.67. The number of rotatable bonds is 3. The predicted octanol–water partition coefficient (Wildman–Crippen LogP) is 0.867. The van der Waals surface area contributed by atoms with E-state index in [1.807, 2.05) is 12.1 Å². The summed E-state index contributed by atoms with van der Waals surface area (Å²) in [7, 11) is 0. The average Bonchev–Trinajstić information content (AvgIpc) is 2.91. The molecule has 0 bridgehead atoms. The molecule has 1 aromatic carbocycles. The number of halogens is 1. The number of nitrogens with one attached hydrogen (secondary N) is 2. The zero-order valence-corrected chi connectivity index (χ0v) is 9.95. The van der Waals surface area contributed by atoms with Crippen LogP contribution in [0.4, 0.5) is 0 Å². The van der Waals surface area contributed by atoms with E-state index >= 15 is 0 Å². The summed E-state index contributed by atoms with van der Waals surface area (Å²) in [6.45, 7) is 0. The van der Waals surface area contributed by atoms with Crippen molar-refractivity contribution in [1.29, 1.82) is 0 Å². The Hall–Kier alpha value is -0.950. The average molecular weight is 316 g/mol. The van der Waals surface area contributed by atoms with E-state index < -0.39 is 0 Å². The minimum absolute atomic E-state index is 0.137. The Balaban J connectivity index is 1.92. The summed E-state index contributed by atoms with van der Waals surface area (Å²) in [5.41, 5.74) is 5.76. The van der Waals surface area contributed by atoms with Crippen LogP contribution in [0.25, 0.3) is 0 Å². The number of hydrogen-bond donors (Lipinski definition) is 2. The lowest BCUT2D eigenvalue weighted by atomic mass is 10.2. The van der Waals surface area contributed by atoms with Gasteiger partial charge in [-0.25, -0.2) is 5.43 Å². The maximum atomic E-state index is 11.5. The topological polar surface area (TPSA) is 58.2 Å². The van der Waals surface area contributed by atoms with E-state index in [-0.39, 0.29) is 17.7 Å². The standard InChI is InChI=1S/C10H9IN2O2/c11-7-3-1-2-6(4-7)10(15)13-12-8-5-9(8)14/h1-4,8,12H,5H2,(H,13,15). The smallest absolute Gasteiger partial charge is 0.265 e. The van der Waals surface area contributed by atoms with Crippen molar-refractivity contribution >= 4 is 34.3 Å². The summed E-state index contributed by atoms with van der Waals surface area (Å²) in [6.07, 6.45) is 0.507. The lowest BCUT2D eigenvalue weighted by Gasteiger charge is -2.04. The molecule has 1 aliphatic carbocycles. The maximum Gasteiger partial charge on any atom is 0.265 e. The van der Waals surface area contributed by atoms with Crippen LogP contribution >= 0.6 is 22.6 Å². The number of ketones is 1. The van der Waals surface area contributed by atoms with Gasteiger partial charge < -0.3 is 0 Å². The van der Waals surface area contributed by atoms with Crippen LogP contribution < -0.4 is 10.9 Å². The number of carbonyl (C=O) groups excluding carboxylic acids is 2. The highest BCUT2D eigenvalue weighted by molar-refractivity contribution is 14.1. The first kappa shape index (κ1) is 10.6.